The van der Waals surface area contributed by atoms with Gasteiger partial charge in [0.1, 0.15) is 35.9 Å². The van der Waals surface area contributed by atoms with E-state index in [4.69, 9.17) is 9.47 Å². The molecule has 34 heavy (non-hydrogen) atoms. The zero-order chi connectivity index (χ0) is 24.4. The molecule has 4 rings (SSSR count). The van der Waals surface area contributed by atoms with Crippen LogP contribution in [0.15, 0.2) is 12.2 Å². The third-order valence-corrected chi connectivity index (χ3v) is 8.96. The summed E-state index contributed by atoms with van der Waals surface area (Å²) in [6.07, 6.45) is 3.92. The number of aliphatic hydroxyl groups excluding tert-OH is 3. The highest BCUT2D eigenvalue weighted by Crippen LogP contribution is 2.37. The van der Waals surface area contributed by atoms with Gasteiger partial charge in [0.2, 0.25) is 5.91 Å². The molecule has 0 unspecified atom stereocenters. The first-order valence-electron chi connectivity index (χ1n) is 12.8. The Morgan fingerprint density at radius 2 is 1.97 bits per heavy atom. The fraction of sp³-hybridized carbons (Fsp3) is 0.880. The number of rotatable bonds is 4. The van der Waals surface area contributed by atoms with Gasteiger partial charge in [0, 0.05) is 19.1 Å². The molecule has 194 valence electrons. The van der Waals surface area contributed by atoms with Crippen LogP contribution in [-0.4, -0.2) is 100 Å². The largest absolute Gasteiger partial charge is 0.388 e. The molecule has 10 atom stereocenters. The van der Waals surface area contributed by atoms with E-state index < -0.39 is 41.9 Å². The van der Waals surface area contributed by atoms with E-state index in [0.717, 1.165) is 31.6 Å². The highest BCUT2D eigenvalue weighted by atomic mass is 32.2. The van der Waals surface area contributed by atoms with Crippen LogP contribution >= 0.6 is 11.8 Å². The molecule has 4 heterocycles. The molecule has 9 heteroatoms. The van der Waals surface area contributed by atoms with Gasteiger partial charge in [-0.3, -0.25) is 9.69 Å². The van der Waals surface area contributed by atoms with Gasteiger partial charge in [-0.15, -0.1) is 11.8 Å². The SMILES string of the molecule is CC(C)C[C@@H]1CCO[C@@H]2[C@@H](C1)CN(C)[C@@H]2C(=O)N[C@@H]1C/C=C\CCS[C@H]2O[C@H]1[C@H](O)[C@H](O)[C@H]2O. The van der Waals surface area contributed by atoms with Crippen LogP contribution in [-0.2, 0) is 14.3 Å². The molecule has 0 aliphatic carbocycles. The van der Waals surface area contributed by atoms with Crippen molar-refractivity contribution >= 4 is 17.7 Å². The zero-order valence-corrected chi connectivity index (χ0v) is 21.4. The molecule has 0 spiro atoms. The van der Waals surface area contributed by atoms with Gasteiger partial charge in [-0.2, -0.15) is 0 Å². The summed E-state index contributed by atoms with van der Waals surface area (Å²) in [5.41, 5.74) is -0.643. The Bertz CT molecular complexity index is 724. The maximum atomic E-state index is 13.6. The monoisotopic (exact) mass is 498 g/mol. The summed E-state index contributed by atoms with van der Waals surface area (Å²) in [6, 6.07) is -0.919. The second-order valence-electron chi connectivity index (χ2n) is 10.9. The number of likely N-dealkylation sites (N-methyl/N-ethyl adjacent to an activating group) is 1. The first kappa shape index (κ1) is 26.4. The standard InChI is InChI=1S/C25H42N2O6S/c1-14(2)11-15-8-9-32-22-16(12-15)13-27(3)18(22)24(31)26-17-7-5-4-6-10-34-25-21(30)19(28)20(29)23(17)33-25/h4-5,14-23,25,28-30H,6-13H2,1-3H3,(H,26,31)/b5-4-/t15-,16-,17+,18-,19-,20+,21+,22+,23+,25+/m0/s1. The van der Waals surface area contributed by atoms with Crippen LogP contribution in [0.1, 0.15) is 46.0 Å². The van der Waals surface area contributed by atoms with Crippen LogP contribution in [0.2, 0.25) is 0 Å². The number of hydrogen-bond donors (Lipinski definition) is 4. The average molecular weight is 499 g/mol. The average Bonchev–Trinajstić information content (AvgIpc) is 2.96. The molecular formula is C25H42N2O6S. The number of carbonyl (C=O) groups excluding carboxylic acids is 1. The summed E-state index contributed by atoms with van der Waals surface area (Å²) in [5.74, 6) is 2.22. The lowest BCUT2D eigenvalue weighted by atomic mass is 9.85. The van der Waals surface area contributed by atoms with Crippen molar-refractivity contribution in [3.63, 3.8) is 0 Å². The first-order valence-corrected chi connectivity index (χ1v) is 13.9. The van der Waals surface area contributed by atoms with Gasteiger partial charge in [-0.05, 0) is 56.7 Å². The summed E-state index contributed by atoms with van der Waals surface area (Å²) < 4.78 is 12.3. The van der Waals surface area contributed by atoms with E-state index in [1.807, 2.05) is 13.1 Å². The van der Waals surface area contributed by atoms with Crippen molar-refractivity contribution in [3.8, 4) is 0 Å². The number of carbonyl (C=O) groups is 1. The Kier molecular flexibility index (Phi) is 8.99. The smallest absolute Gasteiger partial charge is 0.240 e. The van der Waals surface area contributed by atoms with E-state index in [1.165, 1.54) is 18.2 Å². The normalized spacial score (nSPS) is 44.8. The van der Waals surface area contributed by atoms with E-state index in [1.54, 1.807) is 0 Å². The fourth-order valence-electron chi connectivity index (χ4n) is 6.18. The number of nitrogens with zero attached hydrogens (tertiary/aromatic N) is 1. The number of ether oxygens (including phenoxy) is 2. The van der Waals surface area contributed by atoms with Gasteiger partial charge in [0.15, 0.2) is 0 Å². The Morgan fingerprint density at radius 3 is 2.74 bits per heavy atom. The number of fused-ring (bicyclic) bond motifs is 3. The number of allylic oxidation sites excluding steroid dienone is 1. The van der Waals surface area contributed by atoms with Gasteiger partial charge in [0.05, 0.1) is 12.1 Å². The lowest BCUT2D eigenvalue weighted by Gasteiger charge is -2.44. The van der Waals surface area contributed by atoms with Crippen molar-refractivity contribution in [2.24, 2.45) is 17.8 Å². The lowest BCUT2D eigenvalue weighted by Crippen LogP contribution is -2.63. The molecule has 4 aliphatic heterocycles. The number of hydrogen-bond acceptors (Lipinski definition) is 8. The van der Waals surface area contributed by atoms with Gasteiger partial charge in [-0.1, -0.05) is 26.0 Å². The molecule has 3 saturated heterocycles. The third kappa shape index (κ3) is 5.82. The first-order chi connectivity index (χ1) is 16.3. The summed E-state index contributed by atoms with van der Waals surface area (Å²) in [6.45, 7) is 6.02. The minimum absolute atomic E-state index is 0.131. The second-order valence-corrected chi connectivity index (χ2v) is 12.1. The van der Waals surface area contributed by atoms with Crippen LogP contribution in [0.4, 0.5) is 0 Å². The van der Waals surface area contributed by atoms with E-state index in [-0.39, 0.29) is 12.0 Å². The van der Waals surface area contributed by atoms with Crippen LogP contribution in [0.5, 0.6) is 0 Å². The van der Waals surface area contributed by atoms with Crippen molar-refractivity contribution in [2.45, 2.75) is 94.0 Å². The van der Waals surface area contributed by atoms with E-state index in [0.29, 0.717) is 30.8 Å². The quantitative estimate of drug-likeness (QED) is 0.427. The molecule has 0 aromatic carbocycles. The molecular weight excluding hydrogens is 456 g/mol. The highest BCUT2D eigenvalue weighted by molar-refractivity contribution is 7.99. The van der Waals surface area contributed by atoms with Crippen LogP contribution in [0, 0.1) is 17.8 Å². The second kappa shape index (κ2) is 11.6. The minimum atomic E-state index is -1.32. The van der Waals surface area contributed by atoms with Crippen molar-refractivity contribution in [3.05, 3.63) is 12.2 Å². The minimum Gasteiger partial charge on any atom is -0.388 e. The van der Waals surface area contributed by atoms with Crippen LogP contribution < -0.4 is 5.32 Å². The Morgan fingerprint density at radius 1 is 1.18 bits per heavy atom. The fourth-order valence-corrected chi connectivity index (χ4v) is 7.25. The predicted octanol–water partition coefficient (Wildman–Crippen LogP) is 1.13. The molecule has 0 aromatic rings. The number of nitrogens with one attached hydrogen (secondary N) is 1. The zero-order valence-electron chi connectivity index (χ0n) is 20.6. The molecule has 2 bridgehead atoms. The Labute approximate surface area is 207 Å². The molecule has 8 nitrogen and oxygen atoms in total. The van der Waals surface area contributed by atoms with Gasteiger partial charge < -0.3 is 30.1 Å². The van der Waals surface area contributed by atoms with Gasteiger partial charge >= 0.3 is 0 Å². The third-order valence-electron chi connectivity index (χ3n) is 7.77. The molecule has 4 N–H and O–H groups in total. The summed E-state index contributed by atoms with van der Waals surface area (Å²) in [7, 11) is 1.98. The van der Waals surface area contributed by atoms with E-state index in [9.17, 15) is 20.1 Å². The van der Waals surface area contributed by atoms with E-state index in [2.05, 4.69) is 30.1 Å². The number of thioether (sulfide) groups is 1. The molecule has 3 fully saturated rings. The molecule has 4 aliphatic rings. The predicted molar refractivity (Wildman–Crippen MR) is 131 cm³/mol. The summed E-state index contributed by atoms with van der Waals surface area (Å²) in [5, 5.41) is 34.7. The van der Waals surface area contributed by atoms with Crippen molar-refractivity contribution in [1.29, 1.82) is 0 Å². The molecule has 0 saturated carbocycles. The van der Waals surface area contributed by atoms with Gasteiger partial charge in [-0.25, -0.2) is 0 Å². The maximum absolute atomic E-state index is 13.6. The highest BCUT2D eigenvalue weighted by Gasteiger charge is 2.50. The number of amides is 1. The van der Waals surface area contributed by atoms with Crippen molar-refractivity contribution in [2.75, 3.05) is 26.0 Å². The number of likely N-dealkylation sites (tertiary alicyclic amines) is 1. The maximum Gasteiger partial charge on any atom is 0.240 e. The van der Waals surface area contributed by atoms with E-state index >= 15 is 0 Å². The van der Waals surface area contributed by atoms with Crippen LogP contribution in [0.25, 0.3) is 0 Å². The number of aliphatic hydroxyl groups is 3. The molecule has 1 amide bonds. The van der Waals surface area contributed by atoms with Crippen molar-refractivity contribution < 1.29 is 29.6 Å². The molecule has 0 aromatic heterocycles. The Balaban J connectivity index is 1.48. The van der Waals surface area contributed by atoms with Crippen molar-refractivity contribution in [1.82, 2.24) is 10.2 Å². The molecule has 0 radical (unpaired) electrons. The Hall–Kier alpha value is -0.680. The van der Waals surface area contributed by atoms with Crippen LogP contribution in [0.3, 0.4) is 0 Å². The topological polar surface area (TPSA) is 111 Å². The van der Waals surface area contributed by atoms with Gasteiger partial charge in [0.25, 0.3) is 0 Å². The summed E-state index contributed by atoms with van der Waals surface area (Å²) in [4.78, 5) is 15.7. The summed E-state index contributed by atoms with van der Waals surface area (Å²) >= 11 is 1.42. The lowest BCUT2D eigenvalue weighted by molar-refractivity contribution is -0.205.